The van der Waals surface area contributed by atoms with Crippen molar-refractivity contribution in [2.45, 2.75) is 38.6 Å². The average molecular weight is 276 g/mol. The van der Waals surface area contributed by atoms with Crippen molar-refractivity contribution in [1.82, 2.24) is 14.8 Å². The van der Waals surface area contributed by atoms with Gasteiger partial charge in [-0.05, 0) is 30.4 Å². The van der Waals surface area contributed by atoms with Crippen molar-refractivity contribution in [2.24, 2.45) is 5.92 Å². The highest BCUT2D eigenvalue weighted by Crippen LogP contribution is 2.37. The van der Waals surface area contributed by atoms with Crippen LogP contribution in [0.1, 0.15) is 38.6 Å². The lowest BCUT2D eigenvalue weighted by molar-refractivity contribution is 0.259. The lowest BCUT2D eigenvalue weighted by Gasteiger charge is -2.30. The molecule has 0 radical (unpaired) electrons. The maximum atomic E-state index is 6.28. The molecule has 1 aromatic carbocycles. The van der Waals surface area contributed by atoms with Gasteiger partial charge < -0.3 is 0 Å². The summed E-state index contributed by atoms with van der Waals surface area (Å²) in [6, 6.07) is 10.6. The number of rotatable bonds is 2. The van der Waals surface area contributed by atoms with Crippen LogP contribution < -0.4 is 0 Å². The fourth-order valence-corrected chi connectivity index (χ4v) is 3.27. The molecule has 3 rings (SSSR count). The highest BCUT2D eigenvalue weighted by Gasteiger charge is 2.27. The Balaban J connectivity index is 2.03. The summed E-state index contributed by atoms with van der Waals surface area (Å²) >= 11 is 6.28. The van der Waals surface area contributed by atoms with Gasteiger partial charge in [0.25, 0.3) is 0 Å². The molecule has 0 bridgehead atoms. The molecule has 100 valence electrons. The maximum Gasteiger partial charge on any atom is 0.225 e. The number of aromatic nitrogens is 3. The zero-order valence-corrected chi connectivity index (χ0v) is 11.8. The topological polar surface area (TPSA) is 30.7 Å². The first-order chi connectivity index (χ1) is 9.27. The molecular weight excluding hydrogens is 258 g/mol. The standard InChI is InChI=1S/C15H18ClN3/c1-11-7-5-6-10-13(11)19-14(17-18-15(19)16)12-8-3-2-4-9-12/h2-4,8-9,11,13H,5-7,10H2,1H3. The van der Waals surface area contributed by atoms with E-state index in [9.17, 15) is 0 Å². The van der Waals surface area contributed by atoms with E-state index in [0.717, 1.165) is 11.4 Å². The largest absolute Gasteiger partial charge is 0.294 e. The summed E-state index contributed by atoms with van der Waals surface area (Å²) in [4.78, 5) is 0. The van der Waals surface area contributed by atoms with Gasteiger partial charge in [-0.3, -0.25) is 4.57 Å². The molecule has 2 aromatic rings. The van der Waals surface area contributed by atoms with Crippen molar-refractivity contribution in [3.05, 3.63) is 35.6 Å². The summed E-state index contributed by atoms with van der Waals surface area (Å²) in [5.41, 5.74) is 1.08. The number of halogens is 1. The Labute approximate surface area is 118 Å². The van der Waals surface area contributed by atoms with Gasteiger partial charge in [-0.15, -0.1) is 10.2 Å². The van der Waals surface area contributed by atoms with E-state index in [1.54, 1.807) is 0 Å². The van der Waals surface area contributed by atoms with Crippen molar-refractivity contribution in [3.8, 4) is 11.4 Å². The van der Waals surface area contributed by atoms with Crippen LogP contribution in [0.15, 0.2) is 30.3 Å². The van der Waals surface area contributed by atoms with Crippen molar-refractivity contribution in [2.75, 3.05) is 0 Å². The van der Waals surface area contributed by atoms with E-state index in [4.69, 9.17) is 11.6 Å². The highest BCUT2D eigenvalue weighted by molar-refractivity contribution is 6.28. The predicted molar refractivity (Wildman–Crippen MR) is 77.1 cm³/mol. The van der Waals surface area contributed by atoms with E-state index in [-0.39, 0.29) is 0 Å². The molecule has 1 aromatic heterocycles. The Morgan fingerprint density at radius 3 is 2.58 bits per heavy atom. The van der Waals surface area contributed by atoms with Crippen molar-refractivity contribution >= 4 is 11.6 Å². The van der Waals surface area contributed by atoms with Gasteiger partial charge in [0.15, 0.2) is 5.82 Å². The van der Waals surface area contributed by atoms with Gasteiger partial charge >= 0.3 is 0 Å². The highest BCUT2D eigenvalue weighted by atomic mass is 35.5. The molecule has 1 fully saturated rings. The number of hydrogen-bond acceptors (Lipinski definition) is 2. The molecule has 0 spiro atoms. The Hall–Kier alpha value is -1.35. The third-order valence-corrected chi connectivity index (χ3v) is 4.34. The Morgan fingerprint density at radius 1 is 1.11 bits per heavy atom. The molecule has 1 heterocycles. The van der Waals surface area contributed by atoms with Crippen LogP contribution in [-0.2, 0) is 0 Å². The van der Waals surface area contributed by atoms with E-state index < -0.39 is 0 Å². The molecule has 3 nitrogen and oxygen atoms in total. The smallest absolute Gasteiger partial charge is 0.225 e. The van der Waals surface area contributed by atoms with Crippen LogP contribution in [0, 0.1) is 5.92 Å². The van der Waals surface area contributed by atoms with E-state index in [1.165, 1.54) is 25.7 Å². The minimum absolute atomic E-state index is 0.423. The third kappa shape index (κ3) is 2.39. The molecule has 4 heteroatoms. The molecule has 2 unspecified atom stereocenters. The fraction of sp³-hybridized carbons (Fsp3) is 0.467. The lowest BCUT2D eigenvalue weighted by Crippen LogP contribution is -2.22. The minimum Gasteiger partial charge on any atom is -0.294 e. The first-order valence-electron chi connectivity index (χ1n) is 6.93. The van der Waals surface area contributed by atoms with E-state index in [0.29, 0.717) is 17.2 Å². The molecule has 1 saturated carbocycles. The second-order valence-electron chi connectivity index (χ2n) is 5.36. The Kier molecular flexibility index (Phi) is 3.56. The van der Waals surface area contributed by atoms with Crippen LogP contribution in [0.4, 0.5) is 0 Å². The Morgan fingerprint density at radius 2 is 1.84 bits per heavy atom. The molecule has 1 aliphatic carbocycles. The number of nitrogens with zero attached hydrogens (tertiary/aromatic N) is 3. The van der Waals surface area contributed by atoms with Gasteiger partial charge in [-0.25, -0.2) is 0 Å². The van der Waals surface area contributed by atoms with Crippen molar-refractivity contribution < 1.29 is 0 Å². The zero-order chi connectivity index (χ0) is 13.2. The second-order valence-corrected chi connectivity index (χ2v) is 5.70. The average Bonchev–Trinajstić information content (AvgIpc) is 2.82. The second kappa shape index (κ2) is 5.33. The molecule has 0 amide bonds. The summed E-state index contributed by atoms with van der Waals surface area (Å²) in [5, 5.41) is 8.87. The summed E-state index contributed by atoms with van der Waals surface area (Å²) in [6.45, 7) is 2.30. The van der Waals surface area contributed by atoms with Gasteiger partial charge in [0.2, 0.25) is 5.28 Å². The van der Waals surface area contributed by atoms with E-state index in [2.05, 4.69) is 33.8 Å². The minimum atomic E-state index is 0.423. The zero-order valence-electron chi connectivity index (χ0n) is 11.1. The monoisotopic (exact) mass is 275 g/mol. The predicted octanol–water partition coefficient (Wildman–Crippen LogP) is 4.35. The molecule has 0 N–H and O–H groups in total. The van der Waals surface area contributed by atoms with Crippen LogP contribution >= 0.6 is 11.6 Å². The third-order valence-electron chi connectivity index (χ3n) is 4.08. The summed E-state index contributed by atoms with van der Waals surface area (Å²) < 4.78 is 2.13. The Bertz CT molecular complexity index is 550. The molecule has 2 atom stereocenters. The summed E-state index contributed by atoms with van der Waals surface area (Å²) in [6.07, 6.45) is 5.00. The SMILES string of the molecule is CC1CCCCC1n1c(Cl)nnc1-c1ccccc1. The quantitative estimate of drug-likeness (QED) is 0.816. The number of hydrogen-bond donors (Lipinski definition) is 0. The molecule has 1 aliphatic rings. The van der Waals surface area contributed by atoms with Crippen molar-refractivity contribution in [1.29, 1.82) is 0 Å². The van der Waals surface area contributed by atoms with Gasteiger partial charge in [0.1, 0.15) is 0 Å². The fourth-order valence-electron chi connectivity index (χ4n) is 3.03. The first-order valence-corrected chi connectivity index (χ1v) is 7.31. The van der Waals surface area contributed by atoms with Crippen molar-refractivity contribution in [3.63, 3.8) is 0 Å². The molecule has 0 saturated heterocycles. The first kappa shape index (κ1) is 12.7. The van der Waals surface area contributed by atoms with E-state index >= 15 is 0 Å². The van der Waals surface area contributed by atoms with Gasteiger partial charge in [0, 0.05) is 11.6 Å². The van der Waals surface area contributed by atoms with Gasteiger partial charge in [-0.2, -0.15) is 0 Å². The van der Waals surface area contributed by atoms with E-state index in [1.807, 2.05) is 18.2 Å². The normalized spacial score (nSPS) is 23.5. The molecule has 0 aliphatic heterocycles. The lowest BCUT2D eigenvalue weighted by atomic mass is 9.85. The summed E-state index contributed by atoms with van der Waals surface area (Å²) in [5.74, 6) is 1.52. The molecule has 19 heavy (non-hydrogen) atoms. The van der Waals surface area contributed by atoms with Crippen LogP contribution in [-0.4, -0.2) is 14.8 Å². The molecular formula is C15H18ClN3. The van der Waals surface area contributed by atoms with Gasteiger partial charge in [-0.1, -0.05) is 50.1 Å². The van der Waals surface area contributed by atoms with Crippen LogP contribution in [0.3, 0.4) is 0 Å². The summed E-state index contributed by atoms with van der Waals surface area (Å²) in [7, 11) is 0. The van der Waals surface area contributed by atoms with Crippen LogP contribution in [0.2, 0.25) is 5.28 Å². The van der Waals surface area contributed by atoms with Crippen LogP contribution in [0.5, 0.6) is 0 Å². The van der Waals surface area contributed by atoms with Gasteiger partial charge in [0.05, 0.1) is 0 Å². The maximum absolute atomic E-state index is 6.28. The number of benzene rings is 1. The van der Waals surface area contributed by atoms with Crippen LogP contribution in [0.25, 0.3) is 11.4 Å².